The molecule has 0 aromatic heterocycles. The van der Waals surface area contributed by atoms with Gasteiger partial charge >= 0.3 is 10.3 Å². The maximum atomic E-state index is 10.3. The normalized spacial score (nSPS) is 20.5. The van der Waals surface area contributed by atoms with Gasteiger partial charge in [0.15, 0.2) is 0 Å². The maximum Gasteiger partial charge on any atom is 0.335 e. The average Bonchev–Trinajstić information content (AvgIpc) is 2.08. The molecular weight excluding hydrogens is 178 g/mol. The van der Waals surface area contributed by atoms with E-state index < -0.39 is 10.3 Å². The molecule has 0 bridgehead atoms. The Morgan fingerprint density at radius 3 is 1.80 bits per heavy atom. The van der Waals surface area contributed by atoms with Crippen LogP contribution < -0.4 is 0 Å². The Balaban J connectivity index is 0.000000810. The van der Waals surface area contributed by atoms with Crippen molar-refractivity contribution in [2.75, 3.05) is 13.1 Å². The molecule has 0 unspecified atom stereocenters. The van der Waals surface area contributed by atoms with Gasteiger partial charge in [-0.3, -0.25) is 4.55 Å². The van der Waals surface area contributed by atoms with E-state index in [1.165, 1.54) is 0 Å². The van der Waals surface area contributed by atoms with E-state index in [-0.39, 0.29) is 12.4 Å². The molecule has 1 rings (SSSR count). The van der Waals surface area contributed by atoms with Crippen molar-refractivity contribution in [1.29, 1.82) is 0 Å². The predicted molar refractivity (Wildman–Crippen MR) is 39.6 cm³/mol. The van der Waals surface area contributed by atoms with E-state index in [9.17, 15) is 8.42 Å². The van der Waals surface area contributed by atoms with Gasteiger partial charge in [0.2, 0.25) is 0 Å². The highest BCUT2D eigenvalue weighted by Crippen LogP contribution is 2.10. The lowest BCUT2D eigenvalue weighted by Gasteiger charge is -2.07. The van der Waals surface area contributed by atoms with Crippen LogP contribution in [0.3, 0.4) is 0 Å². The molecule has 1 aliphatic heterocycles. The van der Waals surface area contributed by atoms with Gasteiger partial charge in [0.05, 0.1) is 0 Å². The number of hydrogen-bond donors (Lipinski definition) is 1. The van der Waals surface area contributed by atoms with Crippen LogP contribution in [0.5, 0.6) is 0 Å². The van der Waals surface area contributed by atoms with Crippen LogP contribution in [0.4, 0.5) is 0 Å². The molecule has 1 saturated heterocycles. The van der Waals surface area contributed by atoms with Crippen LogP contribution in [-0.4, -0.2) is 30.4 Å². The summed E-state index contributed by atoms with van der Waals surface area (Å²) in [6.07, 6.45) is 1.72. The number of nitrogens with zero attached hydrogens (tertiary/aromatic N) is 1. The molecule has 0 amide bonds. The monoisotopic (exact) mass is 187 g/mol. The number of rotatable bonds is 1. The highest BCUT2D eigenvalue weighted by atomic mass is 35.5. The van der Waals surface area contributed by atoms with E-state index in [4.69, 9.17) is 4.55 Å². The van der Waals surface area contributed by atoms with Crippen LogP contribution in [0, 0.1) is 0 Å². The molecule has 0 spiro atoms. The van der Waals surface area contributed by atoms with E-state index >= 15 is 0 Å². The Morgan fingerprint density at radius 1 is 1.20 bits per heavy atom. The third kappa shape index (κ3) is 2.42. The summed E-state index contributed by atoms with van der Waals surface area (Å²) in [6, 6.07) is 0. The summed E-state index contributed by atoms with van der Waals surface area (Å²) in [4.78, 5) is 0. The smallest absolute Gasteiger partial charge is 0.273 e. The second-order valence-corrected chi connectivity index (χ2v) is 3.50. The summed E-state index contributed by atoms with van der Waals surface area (Å²) < 4.78 is 30.1. The topological polar surface area (TPSA) is 57.6 Å². The third-order valence-corrected chi connectivity index (χ3v) is 2.41. The molecule has 10 heavy (non-hydrogen) atoms. The average molecular weight is 188 g/mol. The minimum atomic E-state index is -3.87. The van der Waals surface area contributed by atoms with Crippen molar-refractivity contribution in [3.63, 3.8) is 0 Å². The van der Waals surface area contributed by atoms with Gasteiger partial charge in [-0.15, -0.1) is 12.4 Å². The minimum Gasteiger partial charge on any atom is -0.273 e. The SMILES string of the molecule is Cl.O=S(=O)(O)N1CCCC1. The Bertz CT molecular complexity index is 185. The molecule has 1 fully saturated rings. The highest BCUT2D eigenvalue weighted by molar-refractivity contribution is 7.83. The molecular formula is C4H10ClNO3S. The lowest BCUT2D eigenvalue weighted by Crippen LogP contribution is -2.26. The van der Waals surface area contributed by atoms with Gasteiger partial charge in [-0.25, -0.2) is 0 Å². The van der Waals surface area contributed by atoms with Crippen LogP contribution in [0.1, 0.15) is 12.8 Å². The molecule has 1 heterocycles. The number of halogens is 1. The molecule has 6 heteroatoms. The van der Waals surface area contributed by atoms with Crippen molar-refractivity contribution in [1.82, 2.24) is 4.31 Å². The molecule has 1 N–H and O–H groups in total. The fraction of sp³-hybridized carbons (Fsp3) is 1.00. The zero-order valence-electron chi connectivity index (χ0n) is 5.36. The van der Waals surface area contributed by atoms with Gasteiger partial charge in [-0.05, 0) is 12.8 Å². The summed E-state index contributed by atoms with van der Waals surface area (Å²) in [5, 5.41) is 0. The van der Waals surface area contributed by atoms with Crippen LogP contribution in [0.2, 0.25) is 0 Å². The largest absolute Gasteiger partial charge is 0.335 e. The predicted octanol–water partition coefficient (Wildman–Crippen LogP) is 0.307. The quantitative estimate of drug-likeness (QED) is 0.601. The summed E-state index contributed by atoms with van der Waals surface area (Å²) in [5.41, 5.74) is 0. The Hall–Kier alpha value is 0.160. The van der Waals surface area contributed by atoms with Gasteiger partial charge in [0.25, 0.3) is 0 Å². The fourth-order valence-corrected chi connectivity index (χ4v) is 1.64. The van der Waals surface area contributed by atoms with Crippen LogP contribution in [0.15, 0.2) is 0 Å². The van der Waals surface area contributed by atoms with Crippen molar-refractivity contribution in [3.8, 4) is 0 Å². The Morgan fingerprint density at radius 2 is 1.60 bits per heavy atom. The van der Waals surface area contributed by atoms with Crippen LogP contribution in [0.25, 0.3) is 0 Å². The molecule has 4 nitrogen and oxygen atoms in total. The van der Waals surface area contributed by atoms with Gasteiger partial charge < -0.3 is 0 Å². The van der Waals surface area contributed by atoms with Gasteiger partial charge in [0, 0.05) is 13.1 Å². The third-order valence-electron chi connectivity index (χ3n) is 1.39. The first-order valence-corrected chi connectivity index (χ1v) is 4.23. The fourth-order valence-electron chi connectivity index (χ4n) is 0.919. The van der Waals surface area contributed by atoms with Gasteiger partial charge in [-0.2, -0.15) is 12.7 Å². The summed E-state index contributed by atoms with van der Waals surface area (Å²) in [7, 11) is -3.87. The van der Waals surface area contributed by atoms with E-state index in [0.29, 0.717) is 13.1 Å². The van der Waals surface area contributed by atoms with Crippen LogP contribution >= 0.6 is 12.4 Å². The van der Waals surface area contributed by atoms with Gasteiger partial charge in [-0.1, -0.05) is 0 Å². The first-order chi connectivity index (χ1) is 4.11. The van der Waals surface area contributed by atoms with E-state index in [1.807, 2.05) is 0 Å². The molecule has 0 saturated carbocycles. The van der Waals surface area contributed by atoms with Crippen molar-refractivity contribution in [2.24, 2.45) is 0 Å². The Labute approximate surface area is 66.5 Å². The Kier molecular flexibility index (Phi) is 3.58. The van der Waals surface area contributed by atoms with Crippen molar-refractivity contribution in [3.05, 3.63) is 0 Å². The van der Waals surface area contributed by atoms with Crippen LogP contribution in [-0.2, 0) is 10.3 Å². The van der Waals surface area contributed by atoms with Gasteiger partial charge in [0.1, 0.15) is 0 Å². The summed E-state index contributed by atoms with van der Waals surface area (Å²) in [5.74, 6) is 0. The maximum absolute atomic E-state index is 10.3. The molecule has 0 radical (unpaired) electrons. The lowest BCUT2D eigenvalue weighted by molar-refractivity contribution is 0.390. The standard InChI is InChI=1S/C4H9NO3S.ClH/c6-9(7,8)5-3-1-2-4-5;/h1-4H2,(H,6,7,8);1H. The highest BCUT2D eigenvalue weighted by Gasteiger charge is 2.21. The summed E-state index contributed by atoms with van der Waals surface area (Å²) in [6.45, 7) is 0.942. The molecule has 1 aliphatic rings. The van der Waals surface area contributed by atoms with Crippen molar-refractivity contribution >= 4 is 22.7 Å². The molecule has 0 atom stereocenters. The summed E-state index contributed by atoms with van der Waals surface area (Å²) >= 11 is 0. The van der Waals surface area contributed by atoms with E-state index in [2.05, 4.69) is 0 Å². The van der Waals surface area contributed by atoms with E-state index in [0.717, 1.165) is 17.1 Å². The van der Waals surface area contributed by atoms with Crippen molar-refractivity contribution in [2.45, 2.75) is 12.8 Å². The molecule has 62 valence electrons. The molecule has 0 aromatic rings. The lowest BCUT2D eigenvalue weighted by atomic mass is 10.4. The minimum absolute atomic E-state index is 0. The first-order valence-electron chi connectivity index (χ1n) is 2.83. The second kappa shape index (κ2) is 3.52. The van der Waals surface area contributed by atoms with E-state index in [1.54, 1.807) is 0 Å². The first kappa shape index (κ1) is 10.2. The molecule has 0 aliphatic carbocycles. The zero-order chi connectivity index (χ0) is 6.91. The zero-order valence-corrected chi connectivity index (χ0v) is 6.99. The van der Waals surface area contributed by atoms with Crippen molar-refractivity contribution < 1.29 is 13.0 Å². The molecule has 0 aromatic carbocycles. The second-order valence-electron chi connectivity index (χ2n) is 2.08. The number of hydrogen-bond acceptors (Lipinski definition) is 2.